The second-order valence-electron chi connectivity index (χ2n) is 7.83. The van der Waals surface area contributed by atoms with Crippen molar-refractivity contribution >= 4 is 11.9 Å². The van der Waals surface area contributed by atoms with Gasteiger partial charge in [-0.15, -0.1) is 0 Å². The second kappa shape index (κ2) is 8.91. The Balaban J connectivity index is 1.50. The van der Waals surface area contributed by atoms with Crippen LogP contribution in [0.2, 0.25) is 0 Å². The summed E-state index contributed by atoms with van der Waals surface area (Å²) in [5.41, 5.74) is 1.62. The van der Waals surface area contributed by atoms with Crippen molar-refractivity contribution in [2.24, 2.45) is 5.41 Å². The van der Waals surface area contributed by atoms with E-state index in [1.54, 1.807) is 14.2 Å². The summed E-state index contributed by atoms with van der Waals surface area (Å²) in [6.07, 6.45) is 6.72. The van der Waals surface area contributed by atoms with Gasteiger partial charge in [0.05, 0.1) is 19.4 Å². The van der Waals surface area contributed by atoms with E-state index in [1.165, 1.54) is 50.1 Å². The molecule has 1 spiro atoms. The highest BCUT2D eigenvalue weighted by molar-refractivity contribution is 7.97. The van der Waals surface area contributed by atoms with E-state index in [1.807, 2.05) is 18.0 Å². The van der Waals surface area contributed by atoms with E-state index >= 15 is 0 Å². The molecule has 0 bridgehead atoms. The maximum absolute atomic E-state index is 5.24. The molecule has 0 amide bonds. The molecule has 26 heavy (non-hydrogen) atoms. The van der Waals surface area contributed by atoms with Crippen molar-refractivity contribution in [2.45, 2.75) is 50.0 Å². The van der Waals surface area contributed by atoms with Crippen molar-refractivity contribution in [3.8, 4) is 5.88 Å². The van der Waals surface area contributed by atoms with Crippen molar-refractivity contribution in [2.75, 3.05) is 47.5 Å². The summed E-state index contributed by atoms with van der Waals surface area (Å²) >= 11 is 1.86. The standard InChI is InChI=1S/C20H33N3O2S/c1-16-18(5-6-19(21-16)25-4)26-23-11-9-20(10-12-23)8-7-17(15-20)22(2)13-14-24-3/h5-6,17H,7-15H2,1-4H3. The number of ether oxygens (including phenoxy) is 2. The summed E-state index contributed by atoms with van der Waals surface area (Å²) < 4.78 is 13.0. The smallest absolute Gasteiger partial charge is 0.213 e. The lowest BCUT2D eigenvalue weighted by Gasteiger charge is -2.39. The Labute approximate surface area is 162 Å². The van der Waals surface area contributed by atoms with Crippen LogP contribution in [0.25, 0.3) is 0 Å². The van der Waals surface area contributed by atoms with Gasteiger partial charge in [-0.3, -0.25) is 0 Å². The molecule has 2 heterocycles. The summed E-state index contributed by atoms with van der Waals surface area (Å²) in [5, 5.41) is 0. The lowest BCUT2D eigenvalue weighted by molar-refractivity contribution is 0.121. The molecule has 0 aromatic carbocycles. The van der Waals surface area contributed by atoms with Crippen molar-refractivity contribution in [1.29, 1.82) is 0 Å². The van der Waals surface area contributed by atoms with Crippen LogP contribution in [0.15, 0.2) is 17.0 Å². The van der Waals surface area contributed by atoms with E-state index < -0.39 is 0 Å². The topological polar surface area (TPSA) is 37.8 Å². The molecule has 1 unspecified atom stereocenters. The quantitative estimate of drug-likeness (QED) is 0.674. The van der Waals surface area contributed by atoms with Gasteiger partial charge in [0.25, 0.3) is 0 Å². The van der Waals surface area contributed by atoms with Crippen LogP contribution in [0, 0.1) is 12.3 Å². The first-order chi connectivity index (χ1) is 12.5. The monoisotopic (exact) mass is 379 g/mol. The summed E-state index contributed by atoms with van der Waals surface area (Å²) in [6, 6.07) is 4.82. The molecule has 2 aliphatic rings. The van der Waals surface area contributed by atoms with Gasteiger partial charge in [-0.25, -0.2) is 9.29 Å². The van der Waals surface area contributed by atoms with Crippen LogP contribution < -0.4 is 4.74 Å². The van der Waals surface area contributed by atoms with Crippen molar-refractivity contribution in [3.05, 3.63) is 17.8 Å². The van der Waals surface area contributed by atoms with Crippen LogP contribution in [0.3, 0.4) is 0 Å². The molecular formula is C20H33N3O2S. The van der Waals surface area contributed by atoms with Gasteiger partial charge in [-0.1, -0.05) is 0 Å². The van der Waals surface area contributed by atoms with E-state index in [2.05, 4.69) is 34.2 Å². The van der Waals surface area contributed by atoms with Crippen LogP contribution in [-0.4, -0.2) is 67.7 Å². The van der Waals surface area contributed by atoms with Gasteiger partial charge in [0.2, 0.25) is 5.88 Å². The molecular weight excluding hydrogens is 346 g/mol. The number of hydrogen-bond donors (Lipinski definition) is 0. The molecule has 5 nitrogen and oxygen atoms in total. The predicted molar refractivity (Wildman–Crippen MR) is 107 cm³/mol. The maximum atomic E-state index is 5.24. The molecule has 1 aliphatic heterocycles. The van der Waals surface area contributed by atoms with Crippen molar-refractivity contribution < 1.29 is 9.47 Å². The van der Waals surface area contributed by atoms with Crippen LogP contribution >= 0.6 is 11.9 Å². The fraction of sp³-hybridized carbons (Fsp3) is 0.750. The Morgan fingerprint density at radius 3 is 2.69 bits per heavy atom. The van der Waals surface area contributed by atoms with Gasteiger partial charge in [0, 0.05) is 43.7 Å². The van der Waals surface area contributed by atoms with Crippen molar-refractivity contribution in [1.82, 2.24) is 14.2 Å². The minimum atomic E-state index is 0.566. The van der Waals surface area contributed by atoms with Gasteiger partial charge in [-0.05, 0) is 69.5 Å². The Hall–Kier alpha value is -0.820. The van der Waals surface area contributed by atoms with E-state index in [4.69, 9.17) is 9.47 Å². The van der Waals surface area contributed by atoms with Crippen LogP contribution in [0.5, 0.6) is 5.88 Å². The van der Waals surface area contributed by atoms with Gasteiger partial charge in [-0.2, -0.15) is 0 Å². The first kappa shape index (κ1) is 19.9. The van der Waals surface area contributed by atoms with Crippen LogP contribution in [0.1, 0.15) is 37.8 Å². The fourth-order valence-electron chi connectivity index (χ4n) is 4.35. The Morgan fingerprint density at radius 1 is 1.27 bits per heavy atom. The van der Waals surface area contributed by atoms with E-state index in [-0.39, 0.29) is 0 Å². The minimum absolute atomic E-state index is 0.566. The summed E-state index contributed by atoms with van der Waals surface area (Å²) in [4.78, 5) is 8.24. The molecule has 0 N–H and O–H groups in total. The minimum Gasteiger partial charge on any atom is -0.481 e. The molecule has 1 aromatic heterocycles. The van der Waals surface area contributed by atoms with E-state index in [9.17, 15) is 0 Å². The molecule has 0 radical (unpaired) electrons. The molecule has 3 rings (SSSR count). The largest absolute Gasteiger partial charge is 0.481 e. The Kier molecular flexibility index (Phi) is 6.83. The van der Waals surface area contributed by atoms with E-state index in [0.717, 1.165) is 24.9 Å². The molecule has 1 aromatic rings. The number of rotatable bonds is 7. The zero-order valence-electron chi connectivity index (χ0n) is 16.7. The molecule has 2 fully saturated rings. The highest BCUT2D eigenvalue weighted by atomic mass is 32.2. The van der Waals surface area contributed by atoms with Gasteiger partial charge >= 0.3 is 0 Å². The average Bonchev–Trinajstić information content (AvgIpc) is 3.07. The number of hydrogen-bond acceptors (Lipinski definition) is 6. The first-order valence-corrected chi connectivity index (χ1v) is 10.5. The van der Waals surface area contributed by atoms with Gasteiger partial charge in [0.1, 0.15) is 0 Å². The summed E-state index contributed by atoms with van der Waals surface area (Å²) in [6.45, 7) is 6.28. The molecule has 1 atom stereocenters. The number of nitrogens with zero attached hydrogens (tertiary/aromatic N) is 3. The van der Waals surface area contributed by atoms with E-state index in [0.29, 0.717) is 11.3 Å². The molecule has 6 heteroatoms. The summed E-state index contributed by atoms with van der Waals surface area (Å²) in [7, 11) is 5.71. The predicted octanol–water partition coefficient (Wildman–Crippen LogP) is 3.62. The van der Waals surface area contributed by atoms with Crippen LogP contribution in [0.4, 0.5) is 0 Å². The zero-order chi connectivity index (χ0) is 18.6. The Morgan fingerprint density at radius 2 is 2.04 bits per heavy atom. The SMILES string of the molecule is COCCN(C)C1CCC2(CCN(Sc3ccc(OC)nc3C)CC2)C1. The van der Waals surface area contributed by atoms with Crippen LogP contribution in [-0.2, 0) is 4.74 Å². The lowest BCUT2D eigenvalue weighted by atomic mass is 9.77. The van der Waals surface area contributed by atoms with Crippen molar-refractivity contribution in [3.63, 3.8) is 0 Å². The number of aryl methyl sites for hydroxylation is 1. The first-order valence-electron chi connectivity index (χ1n) is 9.69. The number of likely N-dealkylation sites (N-methyl/N-ethyl adjacent to an activating group) is 1. The third-order valence-corrected chi connectivity index (χ3v) is 7.43. The third-order valence-electron chi connectivity index (χ3n) is 6.18. The number of aromatic nitrogens is 1. The average molecular weight is 380 g/mol. The zero-order valence-corrected chi connectivity index (χ0v) is 17.5. The second-order valence-corrected chi connectivity index (χ2v) is 8.97. The molecule has 1 saturated carbocycles. The molecule has 1 saturated heterocycles. The maximum Gasteiger partial charge on any atom is 0.213 e. The highest BCUT2D eigenvalue weighted by Gasteiger charge is 2.42. The van der Waals surface area contributed by atoms with Gasteiger partial charge < -0.3 is 14.4 Å². The van der Waals surface area contributed by atoms with Gasteiger partial charge in [0.15, 0.2) is 0 Å². The lowest BCUT2D eigenvalue weighted by Crippen LogP contribution is -2.38. The Bertz CT molecular complexity index is 590. The summed E-state index contributed by atoms with van der Waals surface area (Å²) in [5.74, 6) is 0.694. The molecule has 1 aliphatic carbocycles. The number of methoxy groups -OCH3 is 2. The fourth-order valence-corrected chi connectivity index (χ4v) is 5.30. The normalized spacial score (nSPS) is 23.0. The third kappa shape index (κ3) is 4.71. The number of piperidine rings is 1. The highest BCUT2D eigenvalue weighted by Crippen LogP contribution is 2.48. The number of pyridine rings is 1. The molecule has 146 valence electrons.